The van der Waals surface area contributed by atoms with E-state index in [4.69, 9.17) is 0 Å². The fourth-order valence-electron chi connectivity index (χ4n) is 2.24. The first-order valence-electron chi connectivity index (χ1n) is 7.04. The molecule has 2 aliphatic heterocycles. The van der Waals surface area contributed by atoms with Crippen LogP contribution < -0.4 is 10.6 Å². The summed E-state index contributed by atoms with van der Waals surface area (Å²) in [7, 11) is 0. The molecule has 0 aliphatic carbocycles. The molecule has 122 valence electrons. The average molecular weight is 369 g/mol. The van der Waals surface area contributed by atoms with Gasteiger partial charge >= 0.3 is 0 Å². The number of nitrogens with zero attached hydrogens (tertiary/aromatic N) is 2. The molecule has 1 aromatic heterocycles. The third kappa shape index (κ3) is 4.15. The lowest BCUT2D eigenvalue weighted by Crippen LogP contribution is -2.44. The summed E-state index contributed by atoms with van der Waals surface area (Å²) in [5.74, 6) is 1.19. The van der Waals surface area contributed by atoms with E-state index in [1.54, 1.807) is 18.0 Å². The molecule has 3 rings (SSSR count). The number of aryl methyl sites for hydroxylation is 1. The van der Waals surface area contributed by atoms with E-state index >= 15 is 0 Å². The van der Waals surface area contributed by atoms with Crippen LogP contribution in [0.25, 0.3) is 0 Å². The van der Waals surface area contributed by atoms with E-state index in [0.717, 1.165) is 9.78 Å². The molecule has 0 saturated carbocycles. The van der Waals surface area contributed by atoms with Gasteiger partial charge in [0.05, 0.1) is 17.4 Å². The predicted molar refractivity (Wildman–Crippen MR) is 97.0 cm³/mol. The minimum Gasteiger partial charge on any atom is -0.313 e. The van der Waals surface area contributed by atoms with Gasteiger partial charge in [-0.05, 0) is 18.8 Å². The van der Waals surface area contributed by atoms with Crippen LogP contribution in [0.2, 0.25) is 0 Å². The molecule has 0 saturated heterocycles. The molecule has 9 heteroatoms. The monoisotopic (exact) mass is 368 g/mol. The number of carbonyl (C=O) groups excluding carboxylic acids is 2. The Hall–Kier alpha value is -1.32. The second kappa shape index (κ2) is 7.06. The van der Waals surface area contributed by atoms with Crippen molar-refractivity contribution in [2.24, 2.45) is 10.9 Å². The van der Waals surface area contributed by atoms with Gasteiger partial charge in [0.1, 0.15) is 11.2 Å². The number of thioether (sulfide) groups is 2. The number of nitrogens with one attached hydrogen (secondary N) is 2. The van der Waals surface area contributed by atoms with Crippen LogP contribution in [0.15, 0.2) is 22.2 Å². The molecular weight excluding hydrogens is 352 g/mol. The Labute approximate surface area is 146 Å². The highest BCUT2D eigenvalue weighted by molar-refractivity contribution is 8.04. The molecule has 0 bridgehead atoms. The molecule has 2 amide bonds. The van der Waals surface area contributed by atoms with E-state index in [0.29, 0.717) is 22.5 Å². The molecule has 2 atom stereocenters. The highest BCUT2D eigenvalue weighted by Gasteiger charge is 2.36. The van der Waals surface area contributed by atoms with Crippen molar-refractivity contribution in [1.29, 1.82) is 0 Å². The van der Waals surface area contributed by atoms with E-state index in [1.165, 1.54) is 23.1 Å². The van der Waals surface area contributed by atoms with Gasteiger partial charge in [0.15, 0.2) is 5.13 Å². The second-order valence-corrected chi connectivity index (χ2v) is 8.78. The number of allylic oxidation sites excluding steroid dienone is 1. The Kier molecular flexibility index (Phi) is 5.08. The molecule has 1 aromatic rings. The molecular formula is C14H16N4O2S3. The van der Waals surface area contributed by atoms with Crippen molar-refractivity contribution in [3.05, 3.63) is 22.1 Å². The van der Waals surface area contributed by atoms with Crippen LogP contribution in [0.1, 0.15) is 11.8 Å². The number of thiazole rings is 1. The van der Waals surface area contributed by atoms with Gasteiger partial charge in [-0.1, -0.05) is 6.08 Å². The Morgan fingerprint density at radius 2 is 2.30 bits per heavy atom. The lowest BCUT2D eigenvalue weighted by atomic mass is 10.1. The molecule has 0 unspecified atom stereocenters. The molecule has 0 fully saturated rings. The molecule has 0 aromatic carbocycles. The molecule has 2 aliphatic rings. The maximum absolute atomic E-state index is 12.0. The average Bonchev–Trinajstić information content (AvgIpc) is 3.04. The Bertz CT molecular complexity index is 698. The van der Waals surface area contributed by atoms with Gasteiger partial charge in [0.25, 0.3) is 0 Å². The van der Waals surface area contributed by atoms with Crippen molar-refractivity contribution >= 4 is 57.6 Å². The number of rotatable bonds is 5. The maximum Gasteiger partial charge on any atom is 0.236 e. The number of aromatic nitrogens is 1. The fraction of sp³-hybridized carbons (Fsp3) is 0.429. The van der Waals surface area contributed by atoms with Crippen molar-refractivity contribution in [2.75, 3.05) is 16.8 Å². The second-order valence-electron chi connectivity index (χ2n) is 5.19. The van der Waals surface area contributed by atoms with Gasteiger partial charge in [0.2, 0.25) is 11.8 Å². The lowest BCUT2D eigenvalue weighted by Gasteiger charge is -2.22. The van der Waals surface area contributed by atoms with Crippen molar-refractivity contribution in [1.82, 2.24) is 10.3 Å². The zero-order chi connectivity index (χ0) is 16.4. The summed E-state index contributed by atoms with van der Waals surface area (Å²) < 4.78 is 0. The van der Waals surface area contributed by atoms with Gasteiger partial charge in [-0.25, -0.2) is 4.98 Å². The summed E-state index contributed by atoms with van der Waals surface area (Å²) in [5, 5.41) is 6.15. The third-order valence-corrected chi connectivity index (χ3v) is 6.14. The Morgan fingerprint density at radius 3 is 3.04 bits per heavy atom. The molecule has 0 radical (unpaired) electrons. The number of fused-ring (bicyclic) bond motifs is 1. The molecule has 23 heavy (non-hydrogen) atoms. The first-order chi connectivity index (χ1) is 11.0. The Morgan fingerprint density at radius 1 is 1.48 bits per heavy atom. The number of amidine groups is 1. The molecule has 3 heterocycles. The van der Waals surface area contributed by atoms with E-state index in [-0.39, 0.29) is 23.1 Å². The van der Waals surface area contributed by atoms with Crippen LogP contribution in [0.3, 0.4) is 0 Å². The van der Waals surface area contributed by atoms with E-state index in [9.17, 15) is 9.59 Å². The van der Waals surface area contributed by atoms with Gasteiger partial charge in [-0.2, -0.15) is 0 Å². The summed E-state index contributed by atoms with van der Waals surface area (Å²) in [4.78, 5) is 34.7. The number of carbonyl (C=O) groups is 2. The smallest absolute Gasteiger partial charge is 0.236 e. The summed E-state index contributed by atoms with van der Waals surface area (Å²) >= 11 is 4.49. The zero-order valence-corrected chi connectivity index (χ0v) is 15.1. The quantitative estimate of drug-likeness (QED) is 0.833. The number of anilines is 1. The summed E-state index contributed by atoms with van der Waals surface area (Å²) in [6, 6.07) is 0. The van der Waals surface area contributed by atoms with Crippen LogP contribution in [-0.4, -0.2) is 39.5 Å². The largest absolute Gasteiger partial charge is 0.313 e. The first-order valence-corrected chi connectivity index (χ1v) is 9.89. The first kappa shape index (κ1) is 16.5. The number of amides is 2. The molecule has 2 N–H and O–H groups in total. The van der Waals surface area contributed by atoms with Crippen molar-refractivity contribution in [3.63, 3.8) is 0 Å². The van der Waals surface area contributed by atoms with Crippen LogP contribution in [0, 0.1) is 12.8 Å². The summed E-state index contributed by atoms with van der Waals surface area (Å²) in [6.07, 6.45) is 3.69. The van der Waals surface area contributed by atoms with Gasteiger partial charge in [-0.15, -0.1) is 34.9 Å². The SMILES string of the molecule is CC1=C[C@H]2C(=O)NC(CSCC(=O)Nc3ncc(C)s3)=N[C@H]2S1. The zero-order valence-electron chi connectivity index (χ0n) is 12.7. The van der Waals surface area contributed by atoms with E-state index in [1.807, 2.05) is 19.9 Å². The minimum atomic E-state index is -0.162. The maximum atomic E-state index is 12.0. The molecule has 6 nitrogen and oxygen atoms in total. The predicted octanol–water partition coefficient (Wildman–Crippen LogP) is 2.24. The van der Waals surface area contributed by atoms with Gasteiger partial charge < -0.3 is 10.6 Å². The number of hydrogen-bond acceptors (Lipinski definition) is 7. The van der Waals surface area contributed by atoms with Crippen molar-refractivity contribution in [2.45, 2.75) is 19.2 Å². The lowest BCUT2D eigenvalue weighted by molar-refractivity contribution is -0.122. The van der Waals surface area contributed by atoms with Crippen molar-refractivity contribution in [3.8, 4) is 0 Å². The third-order valence-electron chi connectivity index (χ3n) is 3.22. The number of hydrogen-bond donors (Lipinski definition) is 2. The van der Waals surface area contributed by atoms with Gasteiger partial charge in [0, 0.05) is 11.1 Å². The van der Waals surface area contributed by atoms with E-state index in [2.05, 4.69) is 20.6 Å². The standard InChI is InChI=1S/C14H16N4O2S3/c1-7-3-9-12(20)16-10(17-13(9)22-7)5-21-6-11(19)18-14-15-4-8(2)23-14/h3-4,9,13H,5-6H2,1-2H3,(H,15,18,19)(H,16,17,20)/t9-,13-/m0/s1. The fourth-order valence-corrected chi connectivity index (χ4v) is 4.76. The molecule has 0 spiro atoms. The summed E-state index contributed by atoms with van der Waals surface area (Å²) in [5.41, 5.74) is 0. The van der Waals surface area contributed by atoms with Crippen molar-refractivity contribution < 1.29 is 9.59 Å². The summed E-state index contributed by atoms with van der Waals surface area (Å²) in [6.45, 7) is 3.93. The van der Waals surface area contributed by atoms with Crippen LogP contribution >= 0.6 is 34.9 Å². The topological polar surface area (TPSA) is 83.5 Å². The normalized spacial score (nSPS) is 23.0. The Balaban J connectivity index is 1.46. The highest BCUT2D eigenvalue weighted by Crippen LogP contribution is 2.38. The minimum absolute atomic E-state index is 0.00679. The number of aliphatic imine (C=N–C) groups is 1. The van der Waals surface area contributed by atoms with E-state index < -0.39 is 0 Å². The highest BCUT2D eigenvalue weighted by atomic mass is 32.2. The van der Waals surface area contributed by atoms with Gasteiger partial charge in [-0.3, -0.25) is 14.6 Å². The van der Waals surface area contributed by atoms with Crippen LogP contribution in [-0.2, 0) is 9.59 Å². The van der Waals surface area contributed by atoms with Crippen LogP contribution in [0.4, 0.5) is 5.13 Å². The van der Waals surface area contributed by atoms with Crippen LogP contribution in [0.5, 0.6) is 0 Å².